The van der Waals surface area contributed by atoms with Crippen molar-refractivity contribution >= 4 is 23.8 Å². The van der Waals surface area contributed by atoms with Gasteiger partial charge in [-0.15, -0.1) is 25.8 Å². The number of carbonyl (C=O) groups excluding carboxylic acids is 2. The van der Waals surface area contributed by atoms with E-state index in [0.29, 0.717) is 13.1 Å². The Bertz CT molecular complexity index is 489. The summed E-state index contributed by atoms with van der Waals surface area (Å²) >= 11 is 3.74. The predicted octanol–water partition coefficient (Wildman–Crippen LogP) is 2.93. The molecule has 0 saturated heterocycles. The van der Waals surface area contributed by atoms with Crippen LogP contribution in [0.25, 0.3) is 0 Å². The molecule has 0 spiro atoms. The van der Waals surface area contributed by atoms with Crippen LogP contribution in [0.5, 0.6) is 5.75 Å². The Morgan fingerprint density at radius 2 is 1.79 bits per heavy atom. The fourth-order valence-electron chi connectivity index (χ4n) is 1.43. The topological polar surface area (TPSA) is 46.6 Å². The van der Waals surface area contributed by atoms with Crippen molar-refractivity contribution in [3.05, 3.63) is 55.1 Å². The highest BCUT2D eigenvalue weighted by Crippen LogP contribution is 2.20. The molecule has 1 rings (SSSR count). The molecule has 19 heavy (non-hydrogen) atoms. The third kappa shape index (κ3) is 4.30. The minimum absolute atomic E-state index is 0.186. The number of carbonyl (C=O) groups is 2. The molecule has 0 radical (unpaired) electrons. The fraction of sp³-hybridized carbons (Fsp3) is 0.143. The van der Waals surface area contributed by atoms with E-state index in [9.17, 15) is 9.59 Å². The van der Waals surface area contributed by atoms with Crippen molar-refractivity contribution in [3.8, 4) is 5.75 Å². The number of amides is 1. The van der Waals surface area contributed by atoms with Crippen molar-refractivity contribution in [3.63, 3.8) is 0 Å². The number of benzene rings is 1. The van der Waals surface area contributed by atoms with Crippen molar-refractivity contribution in [2.24, 2.45) is 0 Å². The number of rotatable bonds is 6. The summed E-state index contributed by atoms with van der Waals surface area (Å²) in [7, 11) is 0. The normalized spacial score (nSPS) is 9.53. The van der Waals surface area contributed by atoms with Gasteiger partial charge in [0.25, 0.3) is 0 Å². The second kappa shape index (κ2) is 7.43. The monoisotopic (exact) mass is 277 g/mol. The van der Waals surface area contributed by atoms with Crippen LogP contribution in [0.2, 0.25) is 0 Å². The minimum atomic E-state index is -0.568. The van der Waals surface area contributed by atoms with E-state index in [0.717, 1.165) is 0 Å². The maximum absolute atomic E-state index is 11.9. The molecule has 5 heteroatoms. The lowest BCUT2D eigenvalue weighted by Gasteiger charge is -2.19. The first-order valence-electron chi connectivity index (χ1n) is 5.61. The summed E-state index contributed by atoms with van der Waals surface area (Å²) in [5, 5.41) is -0.456. The summed E-state index contributed by atoms with van der Waals surface area (Å²) < 4.78 is 5.20. The van der Waals surface area contributed by atoms with Crippen LogP contribution in [-0.2, 0) is 0 Å². The minimum Gasteiger partial charge on any atom is -0.409 e. The van der Waals surface area contributed by atoms with Crippen LogP contribution in [0.3, 0.4) is 0 Å². The first-order chi connectivity index (χ1) is 9.10. The van der Waals surface area contributed by atoms with Gasteiger partial charge in [-0.25, -0.2) is 4.79 Å². The van der Waals surface area contributed by atoms with Gasteiger partial charge in [-0.2, -0.15) is 0 Å². The van der Waals surface area contributed by atoms with Crippen LogP contribution >= 0.6 is 12.6 Å². The van der Waals surface area contributed by atoms with E-state index in [1.54, 1.807) is 36.4 Å². The first kappa shape index (κ1) is 15.0. The molecule has 0 N–H and O–H groups in total. The van der Waals surface area contributed by atoms with Gasteiger partial charge in [-0.3, -0.25) is 4.79 Å². The molecule has 1 aromatic rings. The second-order valence-electron chi connectivity index (χ2n) is 3.65. The number of hydrogen-bond donors (Lipinski definition) is 1. The Labute approximate surface area is 117 Å². The molecule has 1 amide bonds. The Hall–Kier alpha value is -2.01. The highest BCUT2D eigenvalue weighted by atomic mass is 32.1. The van der Waals surface area contributed by atoms with E-state index in [1.165, 1.54) is 4.90 Å². The summed E-state index contributed by atoms with van der Waals surface area (Å²) in [4.78, 5) is 24.6. The quantitative estimate of drug-likeness (QED) is 0.642. The molecule has 0 fully saturated rings. The molecule has 0 aliphatic heterocycles. The zero-order chi connectivity index (χ0) is 14.3. The van der Waals surface area contributed by atoms with E-state index < -0.39 is 11.2 Å². The SMILES string of the molecule is C=CCN(CC=C)C(=O)Oc1ccccc1C(=O)S. The maximum Gasteiger partial charge on any atom is 0.415 e. The largest absolute Gasteiger partial charge is 0.415 e. The third-order valence-electron chi connectivity index (χ3n) is 2.27. The second-order valence-corrected chi connectivity index (χ2v) is 4.06. The zero-order valence-electron chi connectivity index (χ0n) is 10.4. The van der Waals surface area contributed by atoms with Gasteiger partial charge in [0.2, 0.25) is 5.12 Å². The lowest BCUT2D eigenvalue weighted by Crippen LogP contribution is -2.34. The van der Waals surface area contributed by atoms with Crippen molar-refractivity contribution < 1.29 is 14.3 Å². The van der Waals surface area contributed by atoms with Gasteiger partial charge in [0.15, 0.2) is 0 Å². The van der Waals surface area contributed by atoms with Gasteiger partial charge in [-0.1, -0.05) is 24.3 Å². The van der Waals surface area contributed by atoms with E-state index in [-0.39, 0.29) is 11.3 Å². The van der Waals surface area contributed by atoms with E-state index >= 15 is 0 Å². The molecule has 0 heterocycles. The molecular formula is C14H15NO3S. The average Bonchev–Trinajstić information content (AvgIpc) is 2.38. The summed E-state index contributed by atoms with van der Waals surface area (Å²) in [6.45, 7) is 7.81. The molecule has 0 aliphatic rings. The summed E-state index contributed by atoms with van der Waals surface area (Å²) in [6, 6.07) is 6.44. The Kier molecular flexibility index (Phi) is 5.89. The zero-order valence-corrected chi connectivity index (χ0v) is 11.3. The highest BCUT2D eigenvalue weighted by molar-refractivity contribution is 7.97. The molecule has 1 aromatic carbocycles. The van der Waals surface area contributed by atoms with Crippen molar-refractivity contribution in [2.45, 2.75) is 0 Å². The van der Waals surface area contributed by atoms with Gasteiger partial charge in [0.1, 0.15) is 5.75 Å². The maximum atomic E-state index is 11.9. The first-order valence-corrected chi connectivity index (χ1v) is 6.05. The van der Waals surface area contributed by atoms with Crippen LogP contribution in [-0.4, -0.2) is 29.2 Å². The molecule has 0 unspecified atom stereocenters. The fourth-order valence-corrected chi connectivity index (χ4v) is 1.61. The van der Waals surface area contributed by atoms with E-state index in [4.69, 9.17) is 4.74 Å². The highest BCUT2D eigenvalue weighted by Gasteiger charge is 2.16. The predicted molar refractivity (Wildman–Crippen MR) is 77.7 cm³/mol. The van der Waals surface area contributed by atoms with Crippen LogP contribution < -0.4 is 4.74 Å². The Morgan fingerprint density at radius 1 is 1.21 bits per heavy atom. The van der Waals surface area contributed by atoms with Crippen LogP contribution in [0.4, 0.5) is 4.79 Å². The molecule has 0 aliphatic carbocycles. The van der Waals surface area contributed by atoms with Crippen LogP contribution in [0, 0.1) is 0 Å². The number of ether oxygens (including phenoxy) is 1. The molecule has 100 valence electrons. The van der Waals surface area contributed by atoms with Crippen LogP contribution in [0.1, 0.15) is 10.4 Å². The van der Waals surface area contributed by atoms with Crippen molar-refractivity contribution in [1.29, 1.82) is 0 Å². The standard InChI is InChI=1S/C14H15NO3S/c1-3-9-15(10-4-2)14(17)18-12-8-6-5-7-11(12)13(16)19/h3-8H,1-2,9-10H2,(H,16,19). The summed E-state index contributed by atoms with van der Waals surface area (Å²) in [5.74, 6) is 0.186. The number of para-hydroxylation sites is 1. The number of thiol groups is 1. The van der Waals surface area contributed by atoms with Gasteiger partial charge in [0.05, 0.1) is 5.56 Å². The van der Waals surface area contributed by atoms with Gasteiger partial charge >= 0.3 is 6.09 Å². The Balaban J connectivity index is 2.88. The lowest BCUT2D eigenvalue weighted by molar-refractivity contribution is 0.108. The molecule has 4 nitrogen and oxygen atoms in total. The molecule has 0 bridgehead atoms. The van der Waals surface area contributed by atoms with Crippen LogP contribution in [0.15, 0.2) is 49.6 Å². The van der Waals surface area contributed by atoms with Gasteiger partial charge in [0, 0.05) is 13.1 Å². The van der Waals surface area contributed by atoms with Gasteiger partial charge < -0.3 is 9.64 Å². The Morgan fingerprint density at radius 3 is 2.32 bits per heavy atom. The van der Waals surface area contributed by atoms with Crippen molar-refractivity contribution in [2.75, 3.05) is 13.1 Å². The lowest BCUT2D eigenvalue weighted by atomic mass is 10.2. The summed E-state index contributed by atoms with van der Waals surface area (Å²) in [5.41, 5.74) is 0.247. The molecule has 0 atom stereocenters. The number of nitrogens with zero attached hydrogens (tertiary/aromatic N) is 1. The summed E-state index contributed by atoms with van der Waals surface area (Å²) in [6.07, 6.45) is 2.60. The molecular weight excluding hydrogens is 262 g/mol. The van der Waals surface area contributed by atoms with Gasteiger partial charge in [-0.05, 0) is 12.1 Å². The third-order valence-corrected chi connectivity index (χ3v) is 2.51. The molecule has 0 saturated carbocycles. The number of hydrogen-bond acceptors (Lipinski definition) is 3. The molecule has 0 aromatic heterocycles. The van der Waals surface area contributed by atoms with Crippen molar-refractivity contribution in [1.82, 2.24) is 4.90 Å². The van der Waals surface area contributed by atoms with E-state index in [2.05, 4.69) is 25.8 Å². The average molecular weight is 277 g/mol. The smallest absolute Gasteiger partial charge is 0.409 e. The van der Waals surface area contributed by atoms with E-state index in [1.807, 2.05) is 0 Å².